The molecule has 1 aromatic heterocycles. The smallest absolute Gasteiger partial charge is 0.249 e. The van der Waals surface area contributed by atoms with Crippen LogP contribution in [0, 0.1) is 0 Å². The van der Waals surface area contributed by atoms with Crippen molar-refractivity contribution in [2.24, 2.45) is 0 Å². The third kappa shape index (κ3) is 6.67. The fourth-order valence-corrected chi connectivity index (χ4v) is 5.30. The molecule has 10 nitrogen and oxygen atoms in total. The van der Waals surface area contributed by atoms with Crippen LogP contribution in [0.15, 0.2) is 72.8 Å². The molecule has 4 N–H and O–H groups in total. The molecule has 5 rings (SSSR count). The summed E-state index contributed by atoms with van der Waals surface area (Å²) in [6, 6.07) is 23.3. The van der Waals surface area contributed by atoms with Crippen molar-refractivity contribution in [3.63, 3.8) is 0 Å². The summed E-state index contributed by atoms with van der Waals surface area (Å²) >= 11 is 0. The van der Waals surface area contributed by atoms with E-state index >= 15 is 0 Å². The number of β-amino-alcohol motifs (C(OH)–C–C–N with tert-alkyl or cyclic N) is 1. The Morgan fingerprint density at radius 1 is 1.05 bits per heavy atom. The summed E-state index contributed by atoms with van der Waals surface area (Å²) in [6.07, 6.45) is 1.40. The van der Waals surface area contributed by atoms with Crippen LogP contribution in [0.4, 0.5) is 5.69 Å². The third-order valence-electron chi connectivity index (χ3n) is 7.34. The van der Waals surface area contributed by atoms with E-state index in [9.17, 15) is 9.59 Å². The Labute approximate surface area is 239 Å². The molecule has 2 heterocycles. The fourth-order valence-electron chi connectivity index (χ4n) is 5.30. The highest BCUT2D eigenvalue weighted by molar-refractivity contribution is 6.00. The molecule has 0 fully saturated rings. The van der Waals surface area contributed by atoms with Gasteiger partial charge in [0.1, 0.15) is 6.04 Å². The maximum atomic E-state index is 13.9. The number of amides is 2. The van der Waals surface area contributed by atoms with Gasteiger partial charge in [-0.3, -0.25) is 9.59 Å². The van der Waals surface area contributed by atoms with Crippen molar-refractivity contribution in [2.75, 3.05) is 18.1 Å². The van der Waals surface area contributed by atoms with Crippen molar-refractivity contribution in [3.8, 4) is 22.5 Å². The number of aliphatic hydroxyl groups is 1. The number of aromatic nitrogens is 4. The first-order valence-electron chi connectivity index (χ1n) is 13.8. The molecular formula is C31H35N7O3. The Kier molecular flexibility index (Phi) is 8.51. The van der Waals surface area contributed by atoms with Crippen molar-refractivity contribution < 1.29 is 14.7 Å². The van der Waals surface area contributed by atoms with Crippen LogP contribution in [-0.2, 0) is 22.6 Å². The number of anilines is 1. The topological polar surface area (TPSA) is 136 Å². The summed E-state index contributed by atoms with van der Waals surface area (Å²) < 4.78 is 0. The normalized spacial score (nSPS) is 15.3. The maximum absolute atomic E-state index is 13.9. The first kappa shape index (κ1) is 28.1. The Morgan fingerprint density at radius 2 is 1.78 bits per heavy atom. The first-order chi connectivity index (χ1) is 19.8. The third-order valence-corrected chi connectivity index (χ3v) is 7.34. The lowest BCUT2D eigenvalue weighted by atomic mass is 9.98. The fraction of sp³-hybridized carbons (Fsp3) is 0.323. The van der Waals surface area contributed by atoms with E-state index in [-0.39, 0.29) is 24.8 Å². The van der Waals surface area contributed by atoms with Gasteiger partial charge >= 0.3 is 0 Å². The van der Waals surface area contributed by atoms with Crippen LogP contribution in [0.1, 0.15) is 37.8 Å². The van der Waals surface area contributed by atoms with Crippen molar-refractivity contribution in [3.05, 3.63) is 83.9 Å². The molecule has 4 aromatic rings. The van der Waals surface area contributed by atoms with Crippen molar-refractivity contribution in [1.29, 1.82) is 0 Å². The summed E-state index contributed by atoms with van der Waals surface area (Å²) in [7, 11) is 0. The van der Waals surface area contributed by atoms with Crippen LogP contribution >= 0.6 is 0 Å². The minimum atomic E-state index is -0.634. The number of H-pyrrole nitrogens is 1. The zero-order valence-electron chi connectivity index (χ0n) is 23.3. The predicted molar refractivity (Wildman–Crippen MR) is 157 cm³/mol. The van der Waals surface area contributed by atoms with Crippen LogP contribution in [-0.4, -0.2) is 62.3 Å². The number of nitrogens with zero attached hydrogens (tertiary/aromatic N) is 4. The van der Waals surface area contributed by atoms with Gasteiger partial charge in [-0.25, -0.2) is 5.10 Å². The second kappa shape index (κ2) is 12.4. The summed E-state index contributed by atoms with van der Waals surface area (Å²) in [6.45, 7) is 4.58. The maximum Gasteiger partial charge on any atom is 0.249 e. The van der Waals surface area contributed by atoms with Gasteiger partial charge in [-0.05, 0) is 65.4 Å². The molecule has 2 amide bonds. The van der Waals surface area contributed by atoms with E-state index < -0.39 is 11.6 Å². The number of benzene rings is 3. The largest absolute Gasteiger partial charge is 0.395 e. The quantitative estimate of drug-likeness (QED) is 0.237. The van der Waals surface area contributed by atoms with E-state index in [1.807, 2.05) is 86.6 Å². The van der Waals surface area contributed by atoms with Gasteiger partial charge in [0.15, 0.2) is 5.82 Å². The van der Waals surface area contributed by atoms with Crippen molar-refractivity contribution in [2.45, 2.75) is 51.2 Å². The second-order valence-corrected chi connectivity index (χ2v) is 10.9. The van der Waals surface area contributed by atoms with Crippen LogP contribution in [0.3, 0.4) is 0 Å². The standard InChI is InChI=1S/C31H35N7O3/c1-31(2,32-17-18-39)19-28(40)33-26-16-15-23-7-3-6-10-27(23)38(30(26)41)20-21-11-13-22(14-12-21)24-8-4-5-9-25(24)29-34-36-37-35-29/h3-14,26,32,39H,15-20H2,1-2H3,(H,33,40)(H,34,35,36,37)/t26-/m1/s1. The summed E-state index contributed by atoms with van der Waals surface area (Å²) in [5.41, 5.74) is 5.30. The van der Waals surface area contributed by atoms with E-state index in [0.717, 1.165) is 33.5 Å². The average molecular weight is 554 g/mol. The lowest BCUT2D eigenvalue weighted by Crippen LogP contribution is -2.51. The van der Waals surface area contributed by atoms with Gasteiger partial charge < -0.3 is 20.6 Å². The van der Waals surface area contributed by atoms with Crippen LogP contribution in [0.2, 0.25) is 0 Å². The lowest BCUT2D eigenvalue weighted by molar-refractivity contribution is -0.128. The molecule has 0 spiro atoms. The molecule has 1 aliphatic heterocycles. The summed E-state index contributed by atoms with van der Waals surface area (Å²) in [4.78, 5) is 28.6. The number of carbonyl (C=O) groups excluding carboxylic acids is 2. The number of rotatable bonds is 10. The van der Waals surface area contributed by atoms with Crippen LogP contribution in [0.5, 0.6) is 0 Å². The molecular weight excluding hydrogens is 518 g/mol. The zero-order valence-corrected chi connectivity index (χ0v) is 23.3. The van der Waals surface area contributed by atoms with Crippen molar-refractivity contribution >= 4 is 17.5 Å². The molecule has 1 aliphatic rings. The molecule has 0 unspecified atom stereocenters. The Balaban J connectivity index is 1.36. The van der Waals surface area contributed by atoms with Gasteiger partial charge in [0, 0.05) is 29.8 Å². The van der Waals surface area contributed by atoms with E-state index in [0.29, 0.717) is 31.8 Å². The molecule has 10 heteroatoms. The van der Waals surface area contributed by atoms with Gasteiger partial charge in [-0.15, -0.1) is 5.10 Å². The number of hydrogen-bond acceptors (Lipinski definition) is 7. The number of carbonyl (C=O) groups is 2. The number of fused-ring (bicyclic) bond motifs is 1. The van der Waals surface area contributed by atoms with Crippen LogP contribution < -0.4 is 15.5 Å². The van der Waals surface area contributed by atoms with E-state index in [1.54, 1.807) is 4.90 Å². The Hall–Kier alpha value is -4.41. The molecule has 0 saturated carbocycles. The minimum absolute atomic E-state index is 0.00812. The van der Waals surface area contributed by atoms with E-state index in [4.69, 9.17) is 5.11 Å². The zero-order chi connectivity index (χ0) is 28.8. The Bertz CT molecular complexity index is 1490. The second-order valence-electron chi connectivity index (χ2n) is 10.9. The van der Waals surface area contributed by atoms with E-state index in [1.165, 1.54) is 0 Å². The lowest BCUT2D eigenvalue weighted by Gasteiger charge is -2.29. The minimum Gasteiger partial charge on any atom is -0.395 e. The molecule has 0 aliphatic carbocycles. The number of aliphatic hydroxyl groups excluding tert-OH is 1. The number of para-hydroxylation sites is 1. The molecule has 0 bridgehead atoms. The molecule has 1 atom stereocenters. The highest BCUT2D eigenvalue weighted by Gasteiger charge is 2.32. The molecule has 0 saturated heterocycles. The van der Waals surface area contributed by atoms with Gasteiger partial charge in [0.25, 0.3) is 0 Å². The number of aryl methyl sites for hydroxylation is 1. The number of hydrogen-bond donors (Lipinski definition) is 4. The highest BCUT2D eigenvalue weighted by Crippen LogP contribution is 2.32. The molecule has 212 valence electrons. The summed E-state index contributed by atoms with van der Waals surface area (Å²) in [5.74, 6) is 0.267. The van der Waals surface area contributed by atoms with Gasteiger partial charge in [0.2, 0.25) is 11.8 Å². The number of nitrogens with one attached hydrogen (secondary N) is 3. The van der Waals surface area contributed by atoms with Crippen molar-refractivity contribution in [1.82, 2.24) is 31.3 Å². The first-order valence-corrected chi connectivity index (χ1v) is 13.8. The monoisotopic (exact) mass is 553 g/mol. The predicted octanol–water partition coefficient (Wildman–Crippen LogP) is 3.25. The van der Waals surface area contributed by atoms with Crippen LogP contribution in [0.25, 0.3) is 22.5 Å². The molecule has 3 aromatic carbocycles. The molecule has 41 heavy (non-hydrogen) atoms. The SMILES string of the molecule is CC(C)(CC(=O)N[C@@H]1CCc2ccccc2N(Cc2ccc(-c3ccccc3-c3nnn[nH]3)cc2)C1=O)NCCO. The number of tetrazole rings is 1. The van der Waals surface area contributed by atoms with Gasteiger partial charge in [-0.2, -0.15) is 0 Å². The Morgan fingerprint density at radius 3 is 2.51 bits per heavy atom. The summed E-state index contributed by atoms with van der Waals surface area (Å²) in [5, 5.41) is 29.6. The number of aromatic amines is 1. The molecule has 0 radical (unpaired) electrons. The average Bonchev–Trinajstić information content (AvgIpc) is 3.48. The highest BCUT2D eigenvalue weighted by atomic mass is 16.3. The van der Waals surface area contributed by atoms with Gasteiger partial charge in [0.05, 0.1) is 13.2 Å². The van der Waals surface area contributed by atoms with E-state index in [2.05, 4.69) is 31.3 Å². The van der Waals surface area contributed by atoms with Gasteiger partial charge in [-0.1, -0.05) is 66.7 Å².